The number of nitrogens with zero attached hydrogens (tertiary/aromatic N) is 7. The molecule has 4 heterocycles. The minimum absolute atomic E-state index is 0.0312. The second-order valence-corrected chi connectivity index (χ2v) is 14.5. The molecule has 0 radical (unpaired) electrons. The summed E-state index contributed by atoms with van der Waals surface area (Å²) in [6.45, 7) is 5.05. The number of hydrogen-bond acceptors (Lipinski definition) is 10. The highest BCUT2D eigenvalue weighted by Crippen LogP contribution is 2.45. The highest BCUT2D eigenvalue weighted by atomic mass is 16.5. The zero-order chi connectivity index (χ0) is 35.3. The first kappa shape index (κ1) is 34.5. The maximum absolute atomic E-state index is 13.2. The standard InChI is InChI=1S/C38H50N10O3/c1-45(2)16-15-39-30-5-4-6-31(24-30)48-34(49)12-9-29-25-41-37(44-35(29)48)42-32-10-11-33(43-36(32)51-3)46-17-19-47(20-18-46)38(50)40-14-13-28-22-26-7-8-27(21-26)23-28/h4-6,9-12,24-28,39H,7-8,13-23H2,1-3H3,(H,40,50)(H,41,42,44). The van der Waals surface area contributed by atoms with Crippen molar-refractivity contribution in [1.82, 2.24) is 34.6 Å². The third-order valence-electron chi connectivity index (χ3n) is 10.6. The van der Waals surface area contributed by atoms with Crippen LogP contribution in [0.1, 0.15) is 38.5 Å². The van der Waals surface area contributed by atoms with Crippen LogP contribution in [-0.4, -0.2) is 102 Å². The van der Waals surface area contributed by atoms with E-state index in [0.717, 1.165) is 60.7 Å². The molecule has 4 aromatic rings. The van der Waals surface area contributed by atoms with Gasteiger partial charge in [-0.3, -0.25) is 9.36 Å². The summed E-state index contributed by atoms with van der Waals surface area (Å²) < 4.78 is 7.28. The fourth-order valence-corrected chi connectivity index (χ4v) is 8.00. The van der Waals surface area contributed by atoms with Crippen molar-refractivity contribution in [3.63, 3.8) is 0 Å². The number of methoxy groups -OCH3 is 1. The van der Waals surface area contributed by atoms with Crippen LogP contribution in [-0.2, 0) is 0 Å². The molecular formula is C38H50N10O3. The van der Waals surface area contributed by atoms with Crippen LogP contribution in [0.25, 0.3) is 16.7 Å². The van der Waals surface area contributed by atoms with E-state index in [4.69, 9.17) is 14.7 Å². The number of pyridine rings is 2. The van der Waals surface area contributed by atoms with Crippen LogP contribution in [0.3, 0.4) is 0 Å². The summed E-state index contributed by atoms with van der Waals surface area (Å²) in [6, 6.07) is 14.9. The SMILES string of the molecule is COc1nc(N2CCN(C(=O)NCCC3CC4CCC(C3)C4)CC2)ccc1Nc1ncc2ccc(=O)n(-c3cccc(NCCN(C)C)c3)c2n1. The van der Waals surface area contributed by atoms with Crippen molar-refractivity contribution in [3.8, 4) is 11.6 Å². The summed E-state index contributed by atoms with van der Waals surface area (Å²) in [6.07, 6.45) is 9.73. The van der Waals surface area contributed by atoms with E-state index in [1.807, 2.05) is 55.4 Å². The molecule has 2 aliphatic carbocycles. The molecular weight excluding hydrogens is 644 g/mol. The molecule has 51 heavy (non-hydrogen) atoms. The molecule has 13 heteroatoms. The maximum Gasteiger partial charge on any atom is 0.317 e. The van der Waals surface area contributed by atoms with Crippen molar-refractivity contribution >= 4 is 40.2 Å². The summed E-state index contributed by atoms with van der Waals surface area (Å²) in [5.74, 6) is 4.11. The van der Waals surface area contributed by atoms with Crippen molar-refractivity contribution < 1.29 is 9.53 Å². The van der Waals surface area contributed by atoms with Gasteiger partial charge in [0.15, 0.2) is 5.65 Å². The molecule has 1 aliphatic heterocycles. The molecule has 0 spiro atoms. The number of urea groups is 1. The van der Waals surface area contributed by atoms with Gasteiger partial charge in [0.25, 0.3) is 5.56 Å². The Morgan fingerprint density at radius 3 is 2.53 bits per heavy atom. The Balaban J connectivity index is 0.983. The normalized spacial score (nSPS) is 20.1. The fourth-order valence-electron chi connectivity index (χ4n) is 8.00. The van der Waals surface area contributed by atoms with Crippen molar-refractivity contribution in [3.05, 3.63) is 65.1 Å². The first-order valence-electron chi connectivity index (χ1n) is 18.3. The molecule has 3 fully saturated rings. The monoisotopic (exact) mass is 694 g/mol. The van der Waals surface area contributed by atoms with Crippen LogP contribution in [0, 0.1) is 17.8 Å². The van der Waals surface area contributed by atoms with Crippen LogP contribution in [0.4, 0.5) is 27.9 Å². The second kappa shape index (κ2) is 15.5. The van der Waals surface area contributed by atoms with Crippen LogP contribution in [0.5, 0.6) is 5.88 Å². The summed E-state index contributed by atoms with van der Waals surface area (Å²) in [5, 5.41) is 10.6. The summed E-state index contributed by atoms with van der Waals surface area (Å²) in [7, 11) is 5.64. The van der Waals surface area contributed by atoms with Crippen molar-refractivity contribution in [1.29, 1.82) is 0 Å². The van der Waals surface area contributed by atoms with Gasteiger partial charge >= 0.3 is 6.03 Å². The molecule has 1 aromatic carbocycles. The number of rotatable bonds is 12. The largest absolute Gasteiger partial charge is 0.479 e. The molecule has 2 amide bonds. The molecule has 2 bridgehead atoms. The van der Waals surface area contributed by atoms with E-state index in [1.165, 1.54) is 38.2 Å². The van der Waals surface area contributed by atoms with E-state index in [-0.39, 0.29) is 11.6 Å². The van der Waals surface area contributed by atoms with Gasteiger partial charge < -0.3 is 35.4 Å². The van der Waals surface area contributed by atoms with E-state index in [0.29, 0.717) is 55.0 Å². The Kier molecular flexibility index (Phi) is 10.5. The zero-order valence-electron chi connectivity index (χ0n) is 30.0. The van der Waals surface area contributed by atoms with Gasteiger partial charge in [0.1, 0.15) is 11.5 Å². The number of benzene rings is 1. The number of carbonyl (C=O) groups is 1. The molecule has 13 nitrogen and oxygen atoms in total. The predicted molar refractivity (Wildman–Crippen MR) is 202 cm³/mol. The molecule has 2 saturated carbocycles. The van der Waals surface area contributed by atoms with E-state index in [1.54, 1.807) is 23.9 Å². The van der Waals surface area contributed by atoms with Crippen LogP contribution >= 0.6 is 0 Å². The van der Waals surface area contributed by atoms with Crippen LogP contribution in [0.15, 0.2) is 59.5 Å². The third kappa shape index (κ3) is 8.19. The van der Waals surface area contributed by atoms with E-state index < -0.39 is 0 Å². The lowest BCUT2D eigenvalue weighted by Crippen LogP contribution is -2.52. The van der Waals surface area contributed by atoms with Gasteiger partial charge in [0.2, 0.25) is 11.8 Å². The smallest absolute Gasteiger partial charge is 0.317 e. The summed E-state index contributed by atoms with van der Waals surface area (Å²) in [5.41, 5.74) is 2.52. The van der Waals surface area contributed by atoms with Gasteiger partial charge in [-0.2, -0.15) is 9.97 Å². The molecule has 2 atom stereocenters. The van der Waals surface area contributed by atoms with Crippen LogP contribution < -0.4 is 31.1 Å². The number of ether oxygens (including phenoxy) is 1. The zero-order valence-corrected chi connectivity index (χ0v) is 30.0. The Hall–Kier alpha value is -4.91. The van der Waals surface area contributed by atoms with Crippen LogP contribution in [0.2, 0.25) is 0 Å². The quantitative estimate of drug-likeness (QED) is 0.187. The average molecular weight is 695 g/mol. The lowest BCUT2D eigenvalue weighted by atomic mass is 9.79. The number of piperazine rings is 1. The lowest BCUT2D eigenvalue weighted by Gasteiger charge is -2.35. The molecule has 7 rings (SSSR count). The second-order valence-electron chi connectivity index (χ2n) is 14.5. The van der Waals surface area contributed by atoms with Gasteiger partial charge in [-0.1, -0.05) is 18.9 Å². The number of fused-ring (bicyclic) bond motifs is 3. The minimum atomic E-state index is -0.190. The molecule has 270 valence electrons. The van der Waals surface area contributed by atoms with Gasteiger partial charge in [0.05, 0.1) is 12.8 Å². The Morgan fingerprint density at radius 1 is 0.961 bits per heavy atom. The van der Waals surface area contributed by atoms with Crippen molar-refractivity contribution in [2.45, 2.75) is 38.5 Å². The molecule has 2 unspecified atom stereocenters. The van der Waals surface area contributed by atoms with E-state index in [9.17, 15) is 9.59 Å². The average Bonchev–Trinajstić information content (AvgIpc) is 3.48. The Labute approximate surface area is 299 Å². The van der Waals surface area contributed by atoms with E-state index in [2.05, 4.69) is 30.7 Å². The van der Waals surface area contributed by atoms with Gasteiger partial charge in [-0.05, 0) is 93.9 Å². The number of anilines is 4. The predicted octanol–water partition coefficient (Wildman–Crippen LogP) is 4.95. The Morgan fingerprint density at radius 2 is 1.76 bits per heavy atom. The number of hydrogen-bond donors (Lipinski definition) is 3. The van der Waals surface area contributed by atoms with Gasteiger partial charge in [-0.15, -0.1) is 0 Å². The van der Waals surface area contributed by atoms with E-state index >= 15 is 0 Å². The molecule has 3 N–H and O–H groups in total. The number of nitrogens with one attached hydrogen (secondary N) is 3. The summed E-state index contributed by atoms with van der Waals surface area (Å²) >= 11 is 0. The molecule has 3 aromatic heterocycles. The number of likely N-dealkylation sites (N-methyl/N-ethyl adjacent to an activating group) is 1. The fraction of sp³-hybridized carbons (Fsp3) is 0.500. The topological polar surface area (TPSA) is 133 Å². The first-order valence-corrected chi connectivity index (χ1v) is 18.3. The highest BCUT2D eigenvalue weighted by molar-refractivity contribution is 5.78. The van der Waals surface area contributed by atoms with Crippen molar-refractivity contribution in [2.75, 3.05) is 82.6 Å². The number of aromatic nitrogens is 4. The Bertz CT molecular complexity index is 1880. The van der Waals surface area contributed by atoms with Gasteiger partial charge in [0, 0.05) is 69.2 Å². The third-order valence-corrected chi connectivity index (χ3v) is 10.6. The van der Waals surface area contributed by atoms with Crippen molar-refractivity contribution in [2.24, 2.45) is 17.8 Å². The minimum Gasteiger partial charge on any atom is -0.479 e. The first-order chi connectivity index (χ1) is 24.8. The summed E-state index contributed by atoms with van der Waals surface area (Å²) in [4.78, 5) is 46.4. The van der Waals surface area contributed by atoms with Gasteiger partial charge in [-0.25, -0.2) is 9.78 Å². The maximum atomic E-state index is 13.2. The highest BCUT2D eigenvalue weighted by Gasteiger charge is 2.33. The number of carbonyl (C=O) groups excluding carboxylic acids is 1. The molecule has 3 aliphatic rings. The molecule has 1 saturated heterocycles. The lowest BCUT2D eigenvalue weighted by molar-refractivity contribution is 0.191. The number of amides is 2.